The van der Waals surface area contributed by atoms with Gasteiger partial charge in [-0.3, -0.25) is 0 Å². The van der Waals surface area contributed by atoms with Crippen molar-refractivity contribution in [1.82, 2.24) is 14.8 Å². The Balaban J connectivity index is 3.05. The minimum absolute atomic E-state index is 1.53. The summed E-state index contributed by atoms with van der Waals surface area (Å²) >= 11 is 0. The lowest BCUT2D eigenvalue weighted by molar-refractivity contribution is 0.891. The molecule has 0 aromatic carbocycles. The lowest BCUT2D eigenvalue weighted by Gasteiger charge is -1.70. The van der Waals surface area contributed by atoms with E-state index in [9.17, 15) is 0 Å². The molecule has 0 aliphatic carbocycles. The van der Waals surface area contributed by atoms with Crippen molar-refractivity contribution in [3.8, 4) is 0 Å². The van der Waals surface area contributed by atoms with Gasteiger partial charge in [-0.15, -0.1) is 10.2 Å². The summed E-state index contributed by atoms with van der Waals surface area (Å²) in [4.78, 5) is 0. The molecule has 0 aliphatic heterocycles. The number of nitrogens with zero attached hydrogens (tertiary/aromatic N) is 3. The Bertz CT molecular complexity index is 110. The molecule has 0 spiro atoms. The Morgan fingerprint density at radius 1 is 1.33 bits per heavy atom. The van der Waals surface area contributed by atoms with Crippen LogP contribution in [0.3, 0.4) is 0 Å². The zero-order chi connectivity index (χ0) is 4.41. The average molecular weight is 81.1 g/mol. The van der Waals surface area contributed by atoms with E-state index in [1.165, 1.54) is 4.57 Å². The van der Waals surface area contributed by atoms with Crippen LogP contribution >= 0.6 is 0 Å². The Morgan fingerprint density at radius 3 is 2.00 bits per heavy atom. The van der Waals surface area contributed by atoms with Gasteiger partial charge in [0.2, 0.25) is 12.7 Å². The normalized spacial score (nSPS) is 8.83. The summed E-state index contributed by atoms with van der Waals surface area (Å²) in [5.74, 6) is 0. The van der Waals surface area contributed by atoms with Crippen molar-refractivity contribution in [2.75, 3.05) is 0 Å². The molecule has 0 bridgehead atoms. The summed E-state index contributed by atoms with van der Waals surface area (Å²) in [5, 5.41) is 6.71. The molecule has 1 aromatic rings. The SMILES string of the molecule is Cn1[c]nn[c]1. The minimum atomic E-state index is 1.53. The van der Waals surface area contributed by atoms with E-state index in [2.05, 4.69) is 22.9 Å². The maximum absolute atomic E-state index is 3.35. The van der Waals surface area contributed by atoms with Gasteiger partial charge in [-0.2, -0.15) is 0 Å². The molecule has 0 amide bonds. The maximum Gasteiger partial charge on any atom is 0.202 e. The first kappa shape index (κ1) is 3.33. The van der Waals surface area contributed by atoms with Gasteiger partial charge in [0.05, 0.1) is 0 Å². The first-order chi connectivity index (χ1) is 2.89. The maximum atomic E-state index is 3.35. The van der Waals surface area contributed by atoms with Crippen LogP contribution in [-0.4, -0.2) is 14.8 Å². The van der Waals surface area contributed by atoms with Crippen LogP contribution in [0.4, 0.5) is 0 Å². The molecule has 6 heavy (non-hydrogen) atoms. The lowest BCUT2D eigenvalue weighted by atomic mass is 11.1. The van der Waals surface area contributed by atoms with E-state index in [-0.39, 0.29) is 0 Å². The summed E-state index contributed by atoms with van der Waals surface area (Å²) in [6, 6.07) is 0. The molecule has 0 aliphatic rings. The fraction of sp³-hybridized carbons (Fsp3) is 0.333. The van der Waals surface area contributed by atoms with Crippen molar-refractivity contribution in [3.05, 3.63) is 12.7 Å². The zero-order valence-electron chi connectivity index (χ0n) is 3.34. The second-order valence-electron chi connectivity index (χ2n) is 0.959. The van der Waals surface area contributed by atoms with Crippen LogP contribution < -0.4 is 0 Å². The highest BCUT2D eigenvalue weighted by Gasteiger charge is 1.75. The second kappa shape index (κ2) is 1.08. The van der Waals surface area contributed by atoms with Crippen molar-refractivity contribution < 1.29 is 0 Å². The van der Waals surface area contributed by atoms with Gasteiger partial charge in [-0.25, -0.2) is 0 Å². The minimum Gasteiger partial charge on any atom is -0.305 e. The predicted octanol–water partition coefficient (Wildman–Crippen LogP) is -0.585. The standard InChI is InChI=1S/C3H3N3/c1-6-2-4-5-3-6/h1H3. The summed E-state index contributed by atoms with van der Waals surface area (Å²) in [6.07, 6.45) is 5.00. The summed E-state index contributed by atoms with van der Waals surface area (Å²) in [7, 11) is 1.76. The Morgan fingerprint density at radius 2 is 1.83 bits per heavy atom. The van der Waals surface area contributed by atoms with Crippen LogP contribution in [0.15, 0.2) is 0 Å². The van der Waals surface area contributed by atoms with Crippen LogP contribution in [0.5, 0.6) is 0 Å². The van der Waals surface area contributed by atoms with E-state index >= 15 is 0 Å². The quantitative estimate of drug-likeness (QED) is 0.418. The van der Waals surface area contributed by atoms with E-state index in [0.29, 0.717) is 0 Å². The molecule has 1 aromatic heterocycles. The fourth-order valence-corrected chi connectivity index (χ4v) is 0.201. The van der Waals surface area contributed by atoms with Gasteiger partial charge in [-0.05, 0) is 0 Å². The molecular formula is C3H3N3. The summed E-state index contributed by atoms with van der Waals surface area (Å²) in [6.45, 7) is 0. The van der Waals surface area contributed by atoms with E-state index in [1.54, 1.807) is 7.05 Å². The smallest absolute Gasteiger partial charge is 0.202 e. The first-order valence-corrected chi connectivity index (χ1v) is 1.54. The molecule has 3 heteroatoms. The van der Waals surface area contributed by atoms with E-state index in [1.807, 2.05) is 0 Å². The number of hydrogen-bond donors (Lipinski definition) is 0. The van der Waals surface area contributed by atoms with Gasteiger partial charge in [-0.1, -0.05) is 0 Å². The first-order valence-electron chi connectivity index (χ1n) is 1.54. The van der Waals surface area contributed by atoms with Gasteiger partial charge >= 0.3 is 0 Å². The van der Waals surface area contributed by atoms with Crippen molar-refractivity contribution in [3.63, 3.8) is 0 Å². The molecule has 0 atom stereocenters. The third kappa shape index (κ3) is 0.381. The van der Waals surface area contributed by atoms with E-state index in [4.69, 9.17) is 0 Å². The highest BCUT2D eigenvalue weighted by Crippen LogP contribution is 1.63. The van der Waals surface area contributed by atoms with Gasteiger partial charge in [0.25, 0.3) is 0 Å². The zero-order valence-corrected chi connectivity index (χ0v) is 3.34. The van der Waals surface area contributed by atoms with Gasteiger partial charge in [0, 0.05) is 7.05 Å². The molecule has 1 rings (SSSR count). The van der Waals surface area contributed by atoms with Gasteiger partial charge in [0.1, 0.15) is 0 Å². The van der Waals surface area contributed by atoms with Gasteiger partial charge < -0.3 is 4.57 Å². The third-order valence-corrected chi connectivity index (χ3v) is 0.439. The van der Waals surface area contributed by atoms with Crippen LogP contribution in [0.25, 0.3) is 0 Å². The number of aromatic nitrogens is 3. The third-order valence-electron chi connectivity index (χ3n) is 0.439. The van der Waals surface area contributed by atoms with E-state index in [0.717, 1.165) is 0 Å². The molecule has 1 heterocycles. The van der Waals surface area contributed by atoms with Crippen LogP contribution in [0.2, 0.25) is 0 Å². The van der Waals surface area contributed by atoms with Crippen molar-refractivity contribution in [1.29, 1.82) is 0 Å². The highest BCUT2D eigenvalue weighted by atomic mass is 15.2. The molecule has 0 saturated carbocycles. The van der Waals surface area contributed by atoms with Crippen molar-refractivity contribution in [2.45, 2.75) is 0 Å². The highest BCUT2D eigenvalue weighted by molar-refractivity contribution is 4.46. The largest absolute Gasteiger partial charge is 0.305 e. The Hall–Kier alpha value is -0.860. The molecule has 30 valence electrons. The summed E-state index contributed by atoms with van der Waals surface area (Å²) in [5.41, 5.74) is 0. The van der Waals surface area contributed by atoms with Crippen molar-refractivity contribution >= 4 is 0 Å². The molecule has 3 nitrogen and oxygen atoms in total. The topological polar surface area (TPSA) is 30.7 Å². The number of hydrogen-bond acceptors (Lipinski definition) is 2. The van der Waals surface area contributed by atoms with Crippen LogP contribution in [-0.2, 0) is 7.05 Å². The number of rotatable bonds is 0. The van der Waals surface area contributed by atoms with Gasteiger partial charge in [0.15, 0.2) is 0 Å². The number of aryl methyl sites for hydroxylation is 1. The Kier molecular flexibility index (Phi) is 0.602. The summed E-state index contributed by atoms with van der Waals surface area (Å²) < 4.78 is 1.53. The average Bonchev–Trinajstić information content (AvgIpc) is 1.86. The Labute approximate surface area is 35.6 Å². The molecule has 2 radical (unpaired) electrons. The molecule has 0 N–H and O–H groups in total. The molecule has 0 saturated heterocycles. The lowest BCUT2D eigenvalue weighted by Crippen LogP contribution is -1.78. The predicted molar refractivity (Wildman–Crippen MR) is 18.7 cm³/mol. The van der Waals surface area contributed by atoms with Crippen molar-refractivity contribution in [2.24, 2.45) is 7.05 Å². The monoisotopic (exact) mass is 81.0 g/mol. The van der Waals surface area contributed by atoms with E-state index < -0.39 is 0 Å². The fourth-order valence-electron chi connectivity index (χ4n) is 0.201. The van der Waals surface area contributed by atoms with Crippen LogP contribution in [0, 0.1) is 12.7 Å². The second-order valence-corrected chi connectivity index (χ2v) is 0.959. The molecule has 0 unspecified atom stereocenters. The van der Waals surface area contributed by atoms with Crippen LogP contribution in [0.1, 0.15) is 0 Å². The molecular weight excluding hydrogens is 78.1 g/mol. The molecule has 0 fully saturated rings.